The molecule has 5 N–H and O–H groups in total. The molecule has 0 fully saturated rings. The number of nitrogens with zero attached hydrogens (tertiary/aromatic N) is 8. The number of aryl methyl sites for hydroxylation is 1. The van der Waals surface area contributed by atoms with Gasteiger partial charge in [-0.3, -0.25) is 9.89 Å². The van der Waals surface area contributed by atoms with Gasteiger partial charge in [-0.05, 0) is 31.2 Å². The summed E-state index contributed by atoms with van der Waals surface area (Å²) in [5.41, 5.74) is 3.67. The number of fused-ring (bicyclic) bond motifs is 1. The average molecular weight is 552 g/mol. The topological polar surface area (TPSA) is 211 Å². The van der Waals surface area contributed by atoms with E-state index >= 15 is 0 Å². The first-order valence-corrected chi connectivity index (χ1v) is 11.8. The van der Waals surface area contributed by atoms with Crippen LogP contribution < -0.4 is 22.3 Å². The van der Waals surface area contributed by atoms with E-state index in [1.54, 1.807) is 48.1 Å². The van der Waals surface area contributed by atoms with Crippen LogP contribution in [0.5, 0.6) is 0 Å². The fourth-order valence-corrected chi connectivity index (χ4v) is 4.31. The Kier molecular flexibility index (Phi) is 5.73. The summed E-state index contributed by atoms with van der Waals surface area (Å²) < 4.78 is 17.9. The van der Waals surface area contributed by atoms with Gasteiger partial charge < -0.3 is 20.6 Å². The van der Waals surface area contributed by atoms with Gasteiger partial charge in [-0.1, -0.05) is 12.1 Å². The standard InChI is InChI=1S/C25H17FN12O3/c1-12-29-7-8-36(12)14-5-6-17(16(26)10-14)30-24(40)37-22(39)20-19(31-25(37)41)18(11-27)35-38(20)15-4-2-3-13(9-15)21-32-23(28)34-33-21/h2-10H,1H3,(H,30,40)(H,31,41)(H3,28,32,33,34). The van der Waals surface area contributed by atoms with Crippen molar-refractivity contribution in [1.29, 1.82) is 5.26 Å². The van der Waals surface area contributed by atoms with Crippen LogP contribution in [-0.2, 0) is 0 Å². The molecular weight excluding hydrogens is 535 g/mol. The second-order valence-electron chi connectivity index (χ2n) is 8.70. The Bertz CT molecular complexity index is 2160. The highest BCUT2D eigenvalue weighted by Crippen LogP contribution is 2.23. The van der Waals surface area contributed by atoms with E-state index in [4.69, 9.17) is 5.73 Å². The maximum Gasteiger partial charge on any atom is 0.337 e. The first-order chi connectivity index (χ1) is 19.7. The number of carbonyl (C=O) groups is 1. The number of imidazole rings is 1. The van der Waals surface area contributed by atoms with Gasteiger partial charge in [0.1, 0.15) is 23.2 Å². The zero-order valence-electron chi connectivity index (χ0n) is 21.0. The third-order valence-electron chi connectivity index (χ3n) is 6.20. The van der Waals surface area contributed by atoms with Crippen LogP contribution in [0.3, 0.4) is 0 Å². The van der Waals surface area contributed by atoms with Gasteiger partial charge in [0.05, 0.1) is 11.4 Å². The van der Waals surface area contributed by atoms with Crippen molar-refractivity contribution in [2.75, 3.05) is 11.1 Å². The first-order valence-electron chi connectivity index (χ1n) is 11.8. The highest BCUT2D eigenvalue weighted by Gasteiger charge is 2.23. The van der Waals surface area contributed by atoms with Crippen LogP contribution >= 0.6 is 0 Å². The van der Waals surface area contributed by atoms with E-state index in [9.17, 15) is 24.0 Å². The van der Waals surface area contributed by atoms with Crippen LogP contribution in [0.2, 0.25) is 0 Å². The van der Waals surface area contributed by atoms with Crippen LogP contribution in [0.25, 0.3) is 33.8 Å². The Morgan fingerprint density at radius 2 is 2.00 bits per heavy atom. The molecule has 202 valence electrons. The predicted octanol–water partition coefficient (Wildman–Crippen LogP) is 1.83. The number of hydrogen-bond donors (Lipinski definition) is 4. The van der Waals surface area contributed by atoms with Crippen LogP contribution in [0.4, 0.5) is 20.8 Å². The molecule has 0 aliphatic heterocycles. The predicted molar refractivity (Wildman–Crippen MR) is 143 cm³/mol. The van der Waals surface area contributed by atoms with E-state index in [1.165, 1.54) is 18.2 Å². The molecule has 4 heterocycles. The number of hydrogen-bond acceptors (Lipinski definition) is 9. The number of anilines is 2. The number of carbonyl (C=O) groups excluding carboxylic acids is 1. The van der Waals surface area contributed by atoms with Crippen LogP contribution in [-0.4, -0.2) is 50.1 Å². The smallest absolute Gasteiger partial charge is 0.337 e. The third kappa shape index (κ3) is 4.19. The maximum atomic E-state index is 14.9. The van der Waals surface area contributed by atoms with E-state index in [2.05, 4.69) is 35.6 Å². The third-order valence-corrected chi connectivity index (χ3v) is 6.20. The lowest BCUT2D eigenvalue weighted by Crippen LogP contribution is -2.42. The zero-order chi connectivity index (χ0) is 28.8. The van der Waals surface area contributed by atoms with Gasteiger partial charge in [0.2, 0.25) is 5.95 Å². The monoisotopic (exact) mass is 552 g/mol. The molecule has 0 bridgehead atoms. The zero-order valence-corrected chi connectivity index (χ0v) is 21.0. The minimum absolute atomic E-state index is 0.0242. The molecule has 0 atom stereocenters. The van der Waals surface area contributed by atoms with Crippen LogP contribution in [0.15, 0.2) is 64.4 Å². The molecule has 0 saturated heterocycles. The minimum Gasteiger partial charge on any atom is -0.366 e. The molecule has 0 unspecified atom stereocenters. The van der Waals surface area contributed by atoms with Gasteiger partial charge in [0, 0.05) is 29.7 Å². The number of amides is 1. The molecule has 0 aliphatic carbocycles. The van der Waals surface area contributed by atoms with Crippen LogP contribution in [0, 0.1) is 24.1 Å². The fraction of sp³-hybridized carbons (Fsp3) is 0.0400. The van der Waals surface area contributed by atoms with E-state index in [1.807, 2.05) is 6.07 Å². The van der Waals surface area contributed by atoms with Gasteiger partial charge in [-0.2, -0.15) is 19.9 Å². The Hall–Kier alpha value is -6.37. The summed E-state index contributed by atoms with van der Waals surface area (Å²) in [6, 6.07) is 11.1. The Balaban J connectivity index is 1.43. The Morgan fingerprint density at radius 1 is 1.17 bits per heavy atom. The molecule has 16 heteroatoms. The summed E-state index contributed by atoms with van der Waals surface area (Å²) in [5, 5.41) is 22.5. The number of nitrogen functional groups attached to an aromatic ring is 1. The molecule has 0 aliphatic rings. The van der Waals surface area contributed by atoms with Gasteiger partial charge in [0.15, 0.2) is 17.0 Å². The summed E-state index contributed by atoms with van der Waals surface area (Å²) in [6.45, 7) is 1.74. The van der Waals surface area contributed by atoms with E-state index in [0.29, 0.717) is 28.6 Å². The number of nitrogens with one attached hydrogen (secondary N) is 3. The van der Waals surface area contributed by atoms with Crippen molar-refractivity contribution < 1.29 is 9.18 Å². The highest BCUT2D eigenvalue weighted by atomic mass is 19.1. The normalized spacial score (nSPS) is 11.0. The molecule has 0 radical (unpaired) electrons. The lowest BCUT2D eigenvalue weighted by molar-refractivity contribution is 0.252. The summed E-state index contributed by atoms with van der Waals surface area (Å²) in [5.74, 6) is 0.173. The van der Waals surface area contributed by atoms with E-state index in [-0.39, 0.29) is 32.9 Å². The second-order valence-corrected chi connectivity index (χ2v) is 8.70. The molecule has 0 saturated carbocycles. The molecular formula is C25H17FN12O3. The summed E-state index contributed by atoms with van der Waals surface area (Å²) >= 11 is 0. The number of H-pyrrole nitrogens is 2. The number of halogens is 1. The van der Waals surface area contributed by atoms with Crippen molar-refractivity contribution >= 4 is 28.7 Å². The van der Waals surface area contributed by atoms with Crippen LogP contribution in [0.1, 0.15) is 11.5 Å². The molecule has 6 rings (SSSR count). The Morgan fingerprint density at radius 3 is 2.68 bits per heavy atom. The van der Waals surface area contributed by atoms with Crippen molar-refractivity contribution in [1.82, 2.24) is 44.1 Å². The largest absolute Gasteiger partial charge is 0.366 e. The number of nitrogens with two attached hydrogens (primary N) is 1. The minimum atomic E-state index is -1.22. The van der Waals surface area contributed by atoms with Gasteiger partial charge in [0.25, 0.3) is 5.56 Å². The summed E-state index contributed by atoms with van der Waals surface area (Å²) in [6.07, 6.45) is 3.20. The van der Waals surface area contributed by atoms with Crippen molar-refractivity contribution in [3.05, 3.63) is 93.0 Å². The average Bonchev–Trinajstić information content (AvgIpc) is 3.68. The molecule has 2 aromatic carbocycles. The molecule has 1 amide bonds. The lowest BCUT2D eigenvalue weighted by atomic mass is 10.2. The molecule has 0 spiro atoms. The van der Waals surface area contributed by atoms with Gasteiger partial charge in [-0.15, -0.1) is 5.10 Å². The quantitative estimate of drug-likeness (QED) is 0.251. The summed E-state index contributed by atoms with van der Waals surface area (Å²) in [4.78, 5) is 50.0. The Labute approximate surface area is 227 Å². The van der Waals surface area contributed by atoms with E-state index < -0.39 is 23.1 Å². The molecule has 6 aromatic rings. The number of nitriles is 1. The van der Waals surface area contributed by atoms with E-state index in [0.717, 1.165) is 4.68 Å². The number of benzene rings is 2. The second kappa shape index (κ2) is 9.43. The van der Waals surface area contributed by atoms with Crippen molar-refractivity contribution in [3.8, 4) is 28.8 Å². The molecule has 4 aromatic heterocycles. The number of aromatic nitrogens is 9. The molecule has 41 heavy (non-hydrogen) atoms. The highest BCUT2D eigenvalue weighted by molar-refractivity contribution is 5.93. The SMILES string of the molecule is Cc1nccn1-c1ccc(NC(=O)n2c(=O)[nH]c3c(C#N)nn(-c4cccc(-c5nc(N)n[nH]5)c4)c3c2=O)c(F)c1. The summed E-state index contributed by atoms with van der Waals surface area (Å²) in [7, 11) is 0. The van der Waals surface area contributed by atoms with Gasteiger partial charge >= 0.3 is 11.7 Å². The lowest BCUT2D eigenvalue weighted by Gasteiger charge is -2.11. The van der Waals surface area contributed by atoms with Gasteiger partial charge in [-0.25, -0.2) is 23.6 Å². The van der Waals surface area contributed by atoms with Crippen molar-refractivity contribution in [2.45, 2.75) is 6.92 Å². The number of rotatable bonds is 4. The molecule has 15 nitrogen and oxygen atoms in total. The number of aromatic amines is 2. The first kappa shape index (κ1) is 24.9. The van der Waals surface area contributed by atoms with Crippen molar-refractivity contribution in [2.24, 2.45) is 0 Å². The maximum absolute atomic E-state index is 14.9. The fourth-order valence-electron chi connectivity index (χ4n) is 4.31. The van der Waals surface area contributed by atoms with Crippen molar-refractivity contribution in [3.63, 3.8) is 0 Å².